The molecule has 0 aliphatic rings. The number of hydrogen-bond donors (Lipinski definition) is 1. The summed E-state index contributed by atoms with van der Waals surface area (Å²) in [6.45, 7) is 0.200. The zero-order chi connectivity index (χ0) is 12.1. The second-order valence-corrected chi connectivity index (χ2v) is 4.05. The van der Waals surface area contributed by atoms with Gasteiger partial charge in [-0.2, -0.15) is 0 Å². The van der Waals surface area contributed by atoms with Crippen LogP contribution >= 0.6 is 15.9 Å². The fourth-order valence-electron chi connectivity index (χ4n) is 1.18. The van der Waals surface area contributed by atoms with Crippen LogP contribution in [0, 0.1) is 10.1 Å². The van der Waals surface area contributed by atoms with E-state index >= 15 is 0 Å². The molecular formula is C9H11BrN2O4. The highest BCUT2D eigenvalue weighted by molar-refractivity contribution is 9.10. The first-order chi connectivity index (χ1) is 7.54. The van der Waals surface area contributed by atoms with Crippen LogP contribution in [0.4, 0.5) is 5.69 Å². The molecule has 0 amide bonds. The van der Waals surface area contributed by atoms with Gasteiger partial charge >= 0.3 is 0 Å². The number of ether oxygens (including phenoxy) is 1. The lowest BCUT2D eigenvalue weighted by Gasteiger charge is -2.09. The van der Waals surface area contributed by atoms with Crippen LogP contribution < -0.4 is 0 Å². The van der Waals surface area contributed by atoms with Gasteiger partial charge in [-0.3, -0.25) is 15.1 Å². The van der Waals surface area contributed by atoms with E-state index in [2.05, 4.69) is 20.9 Å². The quantitative estimate of drug-likeness (QED) is 0.653. The van der Waals surface area contributed by atoms with Gasteiger partial charge in [-0.25, -0.2) is 0 Å². The zero-order valence-electron chi connectivity index (χ0n) is 8.59. The number of aliphatic hydroxyl groups excluding tert-OH is 1. The first-order valence-corrected chi connectivity index (χ1v) is 5.29. The summed E-state index contributed by atoms with van der Waals surface area (Å²) in [6.07, 6.45) is 0.779. The van der Waals surface area contributed by atoms with E-state index in [-0.39, 0.29) is 18.7 Å². The standard InChI is InChI=1S/C9H11BrN2O4/c1-16-5-7(13)3-9-8(10)2-6(4-11-9)12(14)15/h2,4,7,13H,3,5H2,1H3. The SMILES string of the molecule is COCC(O)Cc1ncc([N+](=O)[O-])cc1Br. The minimum atomic E-state index is -0.671. The van der Waals surface area contributed by atoms with Crippen molar-refractivity contribution in [2.45, 2.75) is 12.5 Å². The van der Waals surface area contributed by atoms with E-state index in [9.17, 15) is 15.2 Å². The Labute approximate surface area is 101 Å². The number of methoxy groups -OCH3 is 1. The third-order valence-electron chi connectivity index (χ3n) is 1.90. The highest BCUT2D eigenvalue weighted by atomic mass is 79.9. The maximum absolute atomic E-state index is 10.5. The minimum Gasteiger partial charge on any atom is -0.390 e. The number of halogens is 1. The molecule has 1 heterocycles. The molecular weight excluding hydrogens is 280 g/mol. The average Bonchev–Trinajstić information content (AvgIpc) is 2.21. The Kier molecular flexibility index (Phi) is 4.78. The normalized spacial score (nSPS) is 12.4. The predicted molar refractivity (Wildman–Crippen MR) is 60.2 cm³/mol. The van der Waals surface area contributed by atoms with E-state index in [4.69, 9.17) is 4.74 Å². The molecule has 1 unspecified atom stereocenters. The topological polar surface area (TPSA) is 85.5 Å². The van der Waals surface area contributed by atoms with E-state index in [1.807, 2.05) is 0 Å². The molecule has 88 valence electrons. The number of rotatable bonds is 5. The third-order valence-corrected chi connectivity index (χ3v) is 2.59. The van der Waals surface area contributed by atoms with Crippen LogP contribution in [-0.4, -0.2) is 34.8 Å². The van der Waals surface area contributed by atoms with Crippen molar-refractivity contribution in [3.63, 3.8) is 0 Å². The molecule has 0 radical (unpaired) electrons. The van der Waals surface area contributed by atoms with Gasteiger partial charge < -0.3 is 9.84 Å². The second-order valence-electron chi connectivity index (χ2n) is 3.19. The number of aromatic nitrogens is 1. The molecule has 1 atom stereocenters. The lowest BCUT2D eigenvalue weighted by atomic mass is 10.2. The lowest BCUT2D eigenvalue weighted by Crippen LogP contribution is -2.18. The number of hydrogen-bond acceptors (Lipinski definition) is 5. The Morgan fingerprint density at radius 3 is 2.94 bits per heavy atom. The summed E-state index contributed by atoms with van der Waals surface area (Å²) in [5.41, 5.74) is 0.479. The van der Waals surface area contributed by atoms with E-state index in [1.165, 1.54) is 19.4 Å². The van der Waals surface area contributed by atoms with Crippen LogP contribution in [-0.2, 0) is 11.2 Å². The van der Waals surface area contributed by atoms with Crippen molar-refractivity contribution < 1.29 is 14.8 Å². The third kappa shape index (κ3) is 3.51. The van der Waals surface area contributed by atoms with E-state index in [1.54, 1.807) is 0 Å². The molecule has 1 aromatic heterocycles. The molecule has 0 spiro atoms. The number of nitrogens with zero attached hydrogens (tertiary/aromatic N) is 2. The van der Waals surface area contributed by atoms with Crippen molar-refractivity contribution in [1.29, 1.82) is 0 Å². The molecule has 1 N–H and O–H groups in total. The van der Waals surface area contributed by atoms with Crippen LogP contribution in [0.5, 0.6) is 0 Å². The van der Waals surface area contributed by atoms with Gasteiger partial charge in [-0.05, 0) is 15.9 Å². The van der Waals surface area contributed by atoms with Crippen molar-refractivity contribution in [3.05, 3.63) is 32.5 Å². The van der Waals surface area contributed by atoms with Gasteiger partial charge in [0.1, 0.15) is 6.20 Å². The van der Waals surface area contributed by atoms with Crippen LogP contribution in [0.1, 0.15) is 5.69 Å². The molecule has 7 heteroatoms. The predicted octanol–water partition coefficient (Wildman–Crippen LogP) is 1.30. The smallest absolute Gasteiger partial charge is 0.288 e. The van der Waals surface area contributed by atoms with Crippen LogP contribution in [0.3, 0.4) is 0 Å². The lowest BCUT2D eigenvalue weighted by molar-refractivity contribution is -0.385. The van der Waals surface area contributed by atoms with Crippen molar-refractivity contribution >= 4 is 21.6 Å². The van der Waals surface area contributed by atoms with Crippen LogP contribution in [0.2, 0.25) is 0 Å². The summed E-state index contributed by atoms with van der Waals surface area (Å²) in [5.74, 6) is 0. The van der Waals surface area contributed by atoms with Gasteiger partial charge in [-0.1, -0.05) is 0 Å². The summed E-state index contributed by atoms with van der Waals surface area (Å²) in [7, 11) is 1.49. The van der Waals surface area contributed by atoms with Crippen molar-refractivity contribution in [1.82, 2.24) is 4.98 Å². The van der Waals surface area contributed by atoms with Gasteiger partial charge in [-0.15, -0.1) is 0 Å². The first kappa shape index (κ1) is 13.0. The van der Waals surface area contributed by atoms with Gasteiger partial charge in [0.15, 0.2) is 0 Å². The summed E-state index contributed by atoms with van der Waals surface area (Å²) < 4.78 is 5.29. The molecule has 1 aromatic rings. The second kappa shape index (κ2) is 5.88. The molecule has 16 heavy (non-hydrogen) atoms. The van der Waals surface area contributed by atoms with E-state index < -0.39 is 11.0 Å². The van der Waals surface area contributed by atoms with Crippen molar-refractivity contribution in [3.8, 4) is 0 Å². The summed E-state index contributed by atoms with van der Waals surface area (Å²) >= 11 is 3.18. The van der Waals surface area contributed by atoms with Crippen LogP contribution in [0.25, 0.3) is 0 Å². The fourth-order valence-corrected chi connectivity index (χ4v) is 1.68. The molecule has 6 nitrogen and oxygen atoms in total. The molecule has 1 rings (SSSR count). The molecule has 0 aliphatic carbocycles. The van der Waals surface area contributed by atoms with Crippen molar-refractivity contribution in [2.24, 2.45) is 0 Å². The molecule has 0 saturated carbocycles. The maximum atomic E-state index is 10.5. The van der Waals surface area contributed by atoms with Gasteiger partial charge in [0, 0.05) is 24.1 Å². The summed E-state index contributed by atoms with van der Waals surface area (Å²) in [4.78, 5) is 13.9. The highest BCUT2D eigenvalue weighted by Gasteiger charge is 2.13. The molecule has 0 aliphatic heterocycles. The average molecular weight is 291 g/mol. The zero-order valence-corrected chi connectivity index (χ0v) is 10.2. The number of aliphatic hydroxyl groups is 1. The van der Waals surface area contributed by atoms with Gasteiger partial charge in [0.05, 0.1) is 23.3 Å². The molecule has 0 aromatic carbocycles. The fraction of sp³-hybridized carbons (Fsp3) is 0.444. The Hall–Kier alpha value is -1.05. The molecule has 0 bridgehead atoms. The Morgan fingerprint density at radius 2 is 2.44 bits per heavy atom. The summed E-state index contributed by atoms with van der Waals surface area (Å²) in [5, 5.41) is 20.0. The van der Waals surface area contributed by atoms with Gasteiger partial charge in [0.2, 0.25) is 0 Å². The summed E-state index contributed by atoms with van der Waals surface area (Å²) in [6, 6.07) is 1.36. The Bertz CT molecular complexity index is 386. The largest absolute Gasteiger partial charge is 0.390 e. The van der Waals surface area contributed by atoms with E-state index in [0.717, 1.165) is 0 Å². The maximum Gasteiger partial charge on any atom is 0.288 e. The molecule has 0 saturated heterocycles. The molecule has 0 fully saturated rings. The van der Waals surface area contributed by atoms with Gasteiger partial charge in [0.25, 0.3) is 5.69 Å². The van der Waals surface area contributed by atoms with E-state index in [0.29, 0.717) is 10.2 Å². The van der Waals surface area contributed by atoms with Crippen LogP contribution in [0.15, 0.2) is 16.7 Å². The highest BCUT2D eigenvalue weighted by Crippen LogP contribution is 2.21. The minimum absolute atomic E-state index is 0.0862. The van der Waals surface area contributed by atoms with Crippen molar-refractivity contribution in [2.75, 3.05) is 13.7 Å². The Morgan fingerprint density at radius 1 is 1.75 bits per heavy atom. The monoisotopic (exact) mass is 290 g/mol. The Balaban J connectivity index is 2.79. The number of pyridine rings is 1. The first-order valence-electron chi connectivity index (χ1n) is 4.50. The number of nitro groups is 1.